The fraction of sp³-hybridized carbons (Fsp3) is 0.667. The van der Waals surface area contributed by atoms with Crippen molar-refractivity contribution in [2.45, 2.75) is 83.7 Å². The van der Waals surface area contributed by atoms with Gasteiger partial charge in [-0.05, 0) is 92.6 Å². The second kappa shape index (κ2) is 6.76. The monoisotopic (exact) mass is 418 g/mol. The molecule has 3 saturated carbocycles. The molecule has 0 N–H and O–H groups in total. The number of carbonyl (C=O) groups excluding carboxylic acids is 1. The summed E-state index contributed by atoms with van der Waals surface area (Å²) < 4.78 is 5.63. The lowest BCUT2D eigenvalue weighted by Crippen LogP contribution is -2.54. The van der Waals surface area contributed by atoms with E-state index in [2.05, 4.69) is 38.1 Å². The van der Waals surface area contributed by atoms with Crippen molar-refractivity contribution in [1.29, 1.82) is 0 Å². The number of rotatable bonds is 1. The normalized spacial score (nSPS) is 41.1. The van der Waals surface area contributed by atoms with Crippen LogP contribution in [0.15, 0.2) is 24.3 Å². The minimum Gasteiger partial charge on any atom is -0.463 e. The van der Waals surface area contributed by atoms with Crippen LogP contribution in [0, 0.1) is 29.1 Å². The molecular weight excluding hydrogens is 384 g/mol. The quantitative estimate of drug-likeness (QED) is 0.564. The Morgan fingerprint density at radius 3 is 2.55 bits per heavy atom. The summed E-state index contributed by atoms with van der Waals surface area (Å²) in [4.78, 5) is 21.8. The van der Waals surface area contributed by atoms with E-state index in [0.717, 1.165) is 42.1 Å². The largest absolute Gasteiger partial charge is 0.463 e. The molecule has 1 heterocycles. The van der Waals surface area contributed by atoms with Crippen molar-refractivity contribution < 1.29 is 9.53 Å². The van der Waals surface area contributed by atoms with Crippen LogP contribution in [-0.4, -0.2) is 22.0 Å². The molecule has 164 valence electrons. The Kier molecular flexibility index (Phi) is 4.30. The predicted molar refractivity (Wildman–Crippen MR) is 121 cm³/mol. The summed E-state index contributed by atoms with van der Waals surface area (Å²) in [5.41, 5.74) is 5.20. The molecule has 0 amide bonds. The number of carbonyl (C=O) groups is 1. The van der Waals surface area contributed by atoms with Crippen LogP contribution in [0.3, 0.4) is 0 Å². The first-order valence-electron chi connectivity index (χ1n) is 12.3. The predicted octanol–water partition coefficient (Wildman–Crippen LogP) is 5.62. The summed E-state index contributed by atoms with van der Waals surface area (Å²) in [5, 5.41) is 0. The molecule has 4 heteroatoms. The van der Waals surface area contributed by atoms with Crippen LogP contribution in [0.2, 0.25) is 0 Å². The van der Waals surface area contributed by atoms with E-state index in [1.54, 1.807) is 6.92 Å². The van der Waals surface area contributed by atoms with Gasteiger partial charge >= 0.3 is 5.97 Å². The number of esters is 1. The Balaban J connectivity index is 1.30. The molecule has 31 heavy (non-hydrogen) atoms. The molecule has 0 spiro atoms. The summed E-state index contributed by atoms with van der Waals surface area (Å²) in [5.74, 6) is 2.79. The molecule has 4 aliphatic rings. The minimum absolute atomic E-state index is 0.119. The van der Waals surface area contributed by atoms with Crippen LogP contribution in [0.4, 0.5) is 0 Å². The highest BCUT2D eigenvalue weighted by atomic mass is 16.5. The zero-order valence-electron chi connectivity index (χ0n) is 19.1. The van der Waals surface area contributed by atoms with E-state index in [1.165, 1.54) is 43.5 Å². The molecule has 0 saturated heterocycles. The van der Waals surface area contributed by atoms with Gasteiger partial charge in [-0.3, -0.25) is 4.79 Å². The van der Waals surface area contributed by atoms with E-state index in [1.807, 2.05) is 0 Å². The zero-order chi connectivity index (χ0) is 21.4. The van der Waals surface area contributed by atoms with Crippen LogP contribution in [0.25, 0.3) is 11.0 Å². The van der Waals surface area contributed by atoms with E-state index >= 15 is 0 Å². The summed E-state index contributed by atoms with van der Waals surface area (Å²) in [7, 11) is 0. The van der Waals surface area contributed by atoms with Crippen LogP contribution < -0.4 is 0 Å². The van der Waals surface area contributed by atoms with Crippen molar-refractivity contribution in [2.75, 3.05) is 0 Å². The first-order valence-corrected chi connectivity index (χ1v) is 12.3. The van der Waals surface area contributed by atoms with Crippen molar-refractivity contribution in [3.8, 4) is 0 Å². The fourth-order valence-corrected chi connectivity index (χ4v) is 8.40. The first-order chi connectivity index (χ1) is 14.9. The lowest BCUT2D eigenvalue weighted by atomic mass is 9.45. The smallest absolute Gasteiger partial charge is 0.302 e. The molecule has 1 aromatic heterocycles. The number of benzene rings is 1. The average Bonchev–Trinajstić information content (AvgIpc) is 3.04. The van der Waals surface area contributed by atoms with Gasteiger partial charge in [-0.1, -0.05) is 26.0 Å². The molecular formula is C27H34N2O2. The van der Waals surface area contributed by atoms with Gasteiger partial charge in [0.2, 0.25) is 0 Å². The number of fused-ring (bicyclic) bond motifs is 8. The maximum absolute atomic E-state index is 11.5. The average molecular weight is 419 g/mol. The third-order valence-electron chi connectivity index (χ3n) is 9.94. The van der Waals surface area contributed by atoms with Crippen molar-refractivity contribution in [3.05, 3.63) is 35.7 Å². The highest BCUT2D eigenvalue weighted by Crippen LogP contribution is 2.65. The van der Waals surface area contributed by atoms with Crippen LogP contribution in [0.5, 0.6) is 0 Å². The van der Waals surface area contributed by atoms with Crippen molar-refractivity contribution >= 4 is 17.0 Å². The fourth-order valence-electron chi connectivity index (χ4n) is 8.40. The van der Waals surface area contributed by atoms with Crippen molar-refractivity contribution in [3.63, 3.8) is 0 Å². The van der Waals surface area contributed by atoms with E-state index in [9.17, 15) is 4.79 Å². The van der Waals surface area contributed by atoms with E-state index < -0.39 is 0 Å². The highest BCUT2D eigenvalue weighted by molar-refractivity contribution is 5.74. The lowest BCUT2D eigenvalue weighted by molar-refractivity contribution is -0.157. The van der Waals surface area contributed by atoms with Gasteiger partial charge in [0.25, 0.3) is 0 Å². The summed E-state index contributed by atoms with van der Waals surface area (Å²) in [6.07, 6.45) is 9.66. The molecule has 0 aliphatic heterocycles. The topological polar surface area (TPSA) is 52.1 Å². The molecule has 4 aliphatic carbocycles. The third-order valence-corrected chi connectivity index (χ3v) is 9.94. The molecule has 4 nitrogen and oxygen atoms in total. The van der Waals surface area contributed by atoms with E-state index in [4.69, 9.17) is 14.7 Å². The highest BCUT2D eigenvalue weighted by Gasteiger charge is 2.60. The summed E-state index contributed by atoms with van der Waals surface area (Å²) >= 11 is 0. The van der Waals surface area contributed by atoms with Gasteiger partial charge in [-0.15, -0.1) is 0 Å². The molecule has 1 aromatic carbocycles. The van der Waals surface area contributed by atoms with Gasteiger partial charge in [0.1, 0.15) is 6.10 Å². The standard InChI is InChI=1S/C27H34N2O2/c1-16(30)31-18-10-12-26(2)17(14-18)8-9-19-20(26)11-13-27(3)21(19)15-24-25(27)29-23-7-5-4-6-22(23)28-24/h4-7,17-21H,8-15H2,1-3H3/t17-,18?,19?,20?,21-,26-,27-/m0/s1. The van der Waals surface area contributed by atoms with Gasteiger partial charge in [0.05, 0.1) is 22.4 Å². The SMILES string of the molecule is CC(=O)OC1CC[C@]2(C)C3CC[C@]4(C)c5nc6ccccc6nc5C[C@H]4C3CC[C@H]2C1. The van der Waals surface area contributed by atoms with Crippen molar-refractivity contribution in [2.24, 2.45) is 29.1 Å². The maximum atomic E-state index is 11.5. The van der Waals surface area contributed by atoms with Gasteiger partial charge in [0.15, 0.2) is 0 Å². The molecule has 6 rings (SSSR count). The molecule has 2 aromatic rings. The van der Waals surface area contributed by atoms with E-state index in [-0.39, 0.29) is 17.5 Å². The number of nitrogens with zero attached hydrogens (tertiary/aromatic N) is 2. The molecule has 0 bridgehead atoms. The number of hydrogen-bond acceptors (Lipinski definition) is 4. The number of aromatic nitrogens is 2. The van der Waals surface area contributed by atoms with Crippen LogP contribution >= 0.6 is 0 Å². The summed E-state index contributed by atoms with van der Waals surface area (Å²) in [6.45, 7) is 6.60. The third kappa shape index (κ3) is 2.82. The molecule has 3 fully saturated rings. The van der Waals surface area contributed by atoms with Gasteiger partial charge in [-0.2, -0.15) is 0 Å². The van der Waals surface area contributed by atoms with Crippen LogP contribution in [0.1, 0.15) is 77.1 Å². The second-order valence-electron chi connectivity index (χ2n) is 11.3. The Hall–Kier alpha value is -1.97. The Morgan fingerprint density at radius 2 is 1.77 bits per heavy atom. The minimum atomic E-state index is -0.119. The Morgan fingerprint density at radius 1 is 1.00 bits per heavy atom. The lowest BCUT2D eigenvalue weighted by Gasteiger charge is -2.60. The summed E-state index contributed by atoms with van der Waals surface area (Å²) in [6, 6.07) is 8.35. The molecule has 7 atom stereocenters. The number of hydrogen-bond donors (Lipinski definition) is 0. The van der Waals surface area contributed by atoms with Crippen LogP contribution in [-0.2, 0) is 21.4 Å². The van der Waals surface area contributed by atoms with Crippen molar-refractivity contribution in [1.82, 2.24) is 9.97 Å². The Bertz CT molecular complexity index is 1050. The molecule has 3 unspecified atom stereocenters. The van der Waals surface area contributed by atoms with Gasteiger partial charge in [-0.25, -0.2) is 9.97 Å². The number of para-hydroxylation sites is 2. The Labute approximate surface area is 185 Å². The first kappa shape index (κ1) is 19.7. The zero-order valence-corrected chi connectivity index (χ0v) is 19.1. The number of ether oxygens (including phenoxy) is 1. The van der Waals surface area contributed by atoms with Gasteiger partial charge in [0, 0.05) is 12.3 Å². The second-order valence-corrected chi connectivity index (χ2v) is 11.3. The van der Waals surface area contributed by atoms with Gasteiger partial charge < -0.3 is 4.74 Å². The molecule has 0 radical (unpaired) electrons. The maximum Gasteiger partial charge on any atom is 0.302 e. The van der Waals surface area contributed by atoms with E-state index in [0.29, 0.717) is 17.3 Å².